The molecule has 0 aliphatic carbocycles. The van der Waals surface area contributed by atoms with Crippen LogP contribution < -0.4 is 0 Å². The molecule has 78 valence electrons. The van der Waals surface area contributed by atoms with Gasteiger partial charge in [0.2, 0.25) is 0 Å². The molecule has 1 fully saturated rings. The molecular weight excluding hydrogens is 188 g/mol. The van der Waals surface area contributed by atoms with Crippen molar-refractivity contribution in [3.63, 3.8) is 0 Å². The molecule has 0 aromatic carbocycles. The first kappa shape index (κ1) is 10.7. The van der Waals surface area contributed by atoms with Crippen LogP contribution in [0, 0.1) is 11.8 Å². The fraction of sp³-hybridized carbons (Fsp3) is 0.667. The Bertz CT molecular complexity index is 260. The van der Waals surface area contributed by atoms with E-state index in [-0.39, 0.29) is 6.47 Å². The second kappa shape index (κ2) is 4.21. The van der Waals surface area contributed by atoms with E-state index in [1.54, 1.807) is 13.8 Å². The molecule has 1 saturated heterocycles. The minimum atomic E-state index is -0.655. The van der Waals surface area contributed by atoms with E-state index in [1.165, 1.54) is 0 Å². The third-order valence-corrected chi connectivity index (χ3v) is 2.43. The molecule has 1 rings (SSSR count). The molecular formula is C9H12O5. The molecule has 0 amide bonds. The summed E-state index contributed by atoms with van der Waals surface area (Å²) in [5.41, 5.74) is 0. The highest BCUT2D eigenvalue weighted by atomic mass is 16.6. The fourth-order valence-electron chi connectivity index (χ4n) is 1.67. The fourth-order valence-corrected chi connectivity index (χ4v) is 1.67. The molecule has 0 spiro atoms. The second-order valence-corrected chi connectivity index (χ2v) is 3.22. The Hall–Kier alpha value is -1.39. The topological polar surface area (TPSA) is 69.7 Å². The summed E-state index contributed by atoms with van der Waals surface area (Å²) < 4.78 is 9.11. The van der Waals surface area contributed by atoms with Crippen LogP contribution in [0.15, 0.2) is 0 Å². The van der Waals surface area contributed by atoms with Crippen LogP contribution in [0.25, 0.3) is 0 Å². The Kier molecular flexibility index (Phi) is 3.22. The number of rotatable bonds is 4. The molecule has 5 nitrogen and oxygen atoms in total. The van der Waals surface area contributed by atoms with Gasteiger partial charge in [0, 0.05) is 0 Å². The van der Waals surface area contributed by atoms with Gasteiger partial charge in [-0.25, -0.2) is 0 Å². The third kappa shape index (κ3) is 1.76. The first-order valence-electron chi connectivity index (χ1n) is 4.46. The smallest absolute Gasteiger partial charge is 0.321 e. The van der Waals surface area contributed by atoms with Crippen LogP contribution in [-0.4, -0.2) is 24.5 Å². The van der Waals surface area contributed by atoms with Gasteiger partial charge in [0.1, 0.15) is 12.0 Å². The molecule has 14 heavy (non-hydrogen) atoms. The van der Waals surface area contributed by atoms with Crippen LogP contribution in [0.3, 0.4) is 0 Å². The molecule has 0 N–H and O–H groups in total. The molecule has 1 heterocycles. The zero-order valence-electron chi connectivity index (χ0n) is 8.06. The van der Waals surface area contributed by atoms with Crippen molar-refractivity contribution in [3.8, 4) is 0 Å². The van der Waals surface area contributed by atoms with Crippen molar-refractivity contribution in [2.45, 2.75) is 26.4 Å². The van der Waals surface area contributed by atoms with Gasteiger partial charge in [-0.05, 0) is 13.3 Å². The normalized spacial score (nSPS) is 28.4. The van der Waals surface area contributed by atoms with Gasteiger partial charge in [-0.1, -0.05) is 6.92 Å². The maximum atomic E-state index is 11.2. The summed E-state index contributed by atoms with van der Waals surface area (Å²) >= 11 is 0. The molecule has 0 aromatic heterocycles. The summed E-state index contributed by atoms with van der Waals surface area (Å²) in [6.07, 6.45) is -0.113. The van der Waals surface area contributed by atoms with Crippen LogP contribution in [-0.2, 0) is 23.9 Å². The summed E-state index contributed by atoms with van der Waals surface area (Å²) in [5.74, 6) is -2.27. The average molecular weight is 200 g/mol. The molecule has 3 unspecified atom stereocenters. The standard InChI is InChI=1S/C9H12O5/c1-3-6-7(5(2)13-4-10)9(12)14-8(6)11/h4-7H,3H2,1-2H3. The van der Waals surface area contributed by atoms with E-state index in [9.17, 15) is 14.4 Å². The monoisotopic (exact) mass is 200 g/mol. The van der Waals surface area contributed by atoms with Crippen LogP contribution in [0.5, 0.6) is 0 Å². The Balaban J connectivity index is 2.78. The molecule has 1 aliphatic rings. The summed E-state index contributed by atoms with van der Waals surface area (Å²) in [4.78, 5) is 32.5. The Morgan fingerprint density at radius 1 is 1.50 bits per heavy atom. The lowest BCUT2D eigenvalue weighted by Crippen LogP contribution is -2.30. The predicted octanol–water partition coefficient (Wildman–Crippen LogP) is 0.274. The number of ether oxygens (including phenoxy) is 2. The van der Waals surface area contributed by atoms with Crippen molar-refractivity contribution < 1.29 is 23.9 Å². The second-order valence-electron chi connectivity index (χ2n) is 3.22. The Morgan fingerprint density at radius 2 is 2.14 bits per heavy atom. The van der Waals surface area contributed by atoms with Gasteiger partial charge < -0.3 is 9.47 Å². The molecule has 0 radical (unpaired) electrons. The molecule has 0 saturated carbocycles. The van der Waals surface area contributed by atoms with Gasteiger partial charge in [-0.2, -0.15) is 0 Å². The maximum Gasteiger partial charge on any atom is 0.321 e. The number of carbonyl (C=O) groups excluding carboxylic acids is 3. The number of esters is 2. The van der Waals surface area contributed by atoms with Crippen molar-refractivity contribution in [1.82, 2.24) is 0 Å². The summed E-state index contributed by atoms with van der Waals surface area (Å²) in [5, 5.41) is 0. The van der Waals surface area contributed by atoms with E-state index in [0.29, 0.717) is 6.42 Å². The first-order valence-corrected chi connectivity index (χ1v) is 4.46. The van der Waals surface area contributed by atoms with Crippen molar-refractivity contribution in [3.05, 3.63) is 0 Å². The van der Waals surface area contributed by atoms with Gasteiger partial charge in [-0.3, -0.25) is 14.4 Å². The Morgan fingerprint density at radius 3 is 2.64 bits per heavy atom. The zero-order valence-corrected chi connectivity index (χ0v) is 8.06. The third-order valence-electron chi connectivity index (χ3n) is 2.43. The van der Waals surface area contributed by atoms with Gasteiger partial charge in [0.15, 0.2) is 0 Å². The summed E-state index contributed by atoms with van der Waals surface area (Å²) in [7, 11) is 0. The number of carbonyl (C=O) groups is 3. The van der Waals surface area contributed by atoms with Crippen molar-refractivity contribution in [1.29, 1.82) is 0 Å². The minimum Gasteiger partial charge on any atom is -0.464 e. The van der Waals surface area contributed by atoms with Crippen LogP contribution in [0.4, 0.5) is 0 Å². The molecule has 3 atom stereocenters. The lowest BCUT2D eigenvalue weighted by atomic mass is 9.88. The highest BCUT2D eigenvalue weighted by Crippen LogP contribution is 2.30. The molecule has 5 heteroatoms. The van der Waals surface area contributed by atoms with Crippen molar-refractivity contribution in [2.75, 3.05) is 0 Å². The van der Waals surface area contributed by atoms with Gasteiger partial charge in [0.05, 0.1) is 5.92 Å². The maximum absolute atomic E-state index is 11.2. The lowest BCUT2D eigenvalue weighted by molar-refractivity contribution is -0.154. The van der Waals surface area contributed by atoms with E-state index in [0.717, 1.165) is 0 Å². The zero-order chi connectivity index (χ0) is 10.7. The van der Waals surface area contributed by atoms with Crippen LogP contribution in [0.2, 0.25) is 0 Å². The molecule has 0 aromatic rings. The first-order chi connectivity index (χ1) is 6.61. The van der Waals surface area contributed by atoms with Gasteiger partial charge >= 0.3 is 11.9 Å². The molecule has 0 bridgehead atoms. The minimum absolute atomic E-state index is 0.271. The number of hydrogen-bond donors (Lipinski definition) is 0. The Labute approximate surface area is 81.4 Å². The lowest BCUT2D eigenvalue weighted by Gasteiger charge is -2.17. The highest BCUT2D eigenvalue weighted by Gasteiger charge is 2.46. The van der Waals surface area contributed by atoms with Crippen molar-refractivity contribution >= 4 is 18.4 Å². The van der Waals surface area contributed by atoms with E-state index in [1.807, 2.05) is 0 Å². The summed E-state index contributed by atoms with van der Waals surface area (Å²) in [6, 6.07) is 0. The van der Waals surface area contributed by atoms with Crippen molar-refractivity contribution in [2.24, 2.45) is 11.8 Å². The van der Waals surface area contributed by atoms with E-state index >= 15 is 0 Å². The average Bonchev–Trinajstić information content (AvgIpc) is 2.40. The number of cyclic esters (lactones) is 2. The van der Waals surface area contributed by atoms with E-state index < -0.39 is 29.9 Å². The SMILES string of the molecule is CCC1C(=O)OC(=O)C1C(C)OC=O. The summed E-state index contributed by atoms with van der Waals surface area (Å²) in [6.45, 7) is 3.63. The van der Waals surface area contributed by atoms with Gasteiger partial charge in [-0.15, -0.1) is 0 Å². The van der Waals surface area contributed by atoms with Crippen LogP contribution in [0.1, 0.15) is 20.3 Å². The van der Waals surface area contributed by atoms with E-state index in [2.05, 4.69) is 9.47 Å². The van der Waals surface area contributed by atoms with Crippen LogP contribution >= 0.6 is 0 Å². The molecule has 1 aliphatic heterocycles. The predicted molar refractivity (Wildman–Crippen MR) is 45.0 cm³/mol. The van der Waals surface area contributed by atoms with Gasteiger partial charge in [0.25, 0.3) is 6.47 Å². The number of hydrogen-bond acceptors (Lipinski definition) is 5. The largest absolute Gasteiger partial charge is 0.464 e. The quantitative estimate of drug-likeness (QED) is 0.370. The van der Waals surface area contributed by atoms with E-state index in [4.69, 9.17) is 0 Å². The highest BCUT2D eigenvalue weighted by molar-refractivity contribution is 5.96.